The number of benzene rings is 2. The Morgan fingerprint density at radius 3 is 2.00 bits per heavy atom. The van der Waals surface area contributed by atoms with Crippen LogP contribution in [0.15, 0.2) is 42.5 Å². The monoisotopic (exact) mass is 546 g/mol. The van der Waals surface area contributed by atoms with Gasteiger partial charge in [0.15, 0.2) is 0 Å². The fourth-order valence-electron chi connectivity index (χ4n) is 6.18. The van der Waals surface area contributed by atoms with Crippen molar-refractivity contribution >= 4 is 35.1 Å². The average Bonchev–Trinajstić information content (AvgIpc) is 3.12. The number of anilines is 2. The Kier molecular flexibility index (Phi) is 8.66. The van der Waals surface area contributed by atoms with Gasteiger partial charge >= 0.3 is 6.03 Å². The fourth-order valence-corrected chi connectivity index (χ4v) is 6.18. The summed E-state index contributed by atoms with van der Waals surface area (Å²) >= 11 is 0. The summed E-state index contributed by atoms with van der Waals surface area (Å²) in [6, 6.07) is 11.6. The first-order valence-electron chi connectivity index (χ1n) is 14.5. The zero-order chi connectivity index (χ0) is 29.2. The zero-order valence-electron chi connectivity index (χ0n) is 24.3. The van der Waals surface area contributed by atoms with Crippen LogP contribution in [0.3, 0.4) is 0 Å². The lowest BCUT2D eigenvalue weighted by atomic mass is 9.80. The summed E-state index contributed by atoms with van der Waals surface area (Å²) in [5.41, 5.74) is 8.80. The lowest BCUT2D eigenvalue weighted by Crippen LogP contribution is -2.53. The van der Waals surface area contributed by atoms with E-state index >= 15 is 0 Å². The minimum atomic E-state index is -1.36. The predicted octanol–water partition coefficient (Wildman–Crippen LogP) is 5.85. The number of primary amides is 1. The van der Waals surface area contributed by atoms with E-state index in [1.807, 2.05) is 70.2 Å². The van der Waals surface area contributed by atoms with Crippen LogP contribution in [-0.2, 0) is 20.8 Å². The van der Waals surface area contributed by atoms with Gasteiger partial charge in [-0.15, -0.1) is 0 Å². The average molecular weight is 547 g/mol. The molecule has 2 fully saturated rings. The molecular formula is C32H42N4O4. The standard InChI is InChI=1S/C32H42N4O4/c1-6-22-13-15-23(16-14-22)36-31(40)35(30(39)32(36)17-8-7-9-18-32)26(19-27(33)37)29(38)34-28-24(20(2)3)11-10-12-25(28)21(4)5/h10-16,20-21,26H,6-9,17-19H2,1-5H3,(H2,33,37)(H,34,38). The van der Waals surface area contributed by atoms with Crippen molar-refractivity contribution in [2.75, 3.05) is 10.2 Å². The van der Waals surface area contributed by atoms with E-state index in [4.69, 9.17) is 5.73 Å². The molecule has 4 rings (SSSR count). The zero-order valence-corrected chi connectivity index (χ0v) is 24.3. The van der Waals surface area contributed by atoms with Gasteiger partial charge in [-0.1, -0.05) is 84.2 Å². The van der Waals surface area contributed by atoms with Crippen molar-refractivity contribution in [2.24, 2.45) is 5.73 Å². The first kappa shape index (κ1) is 29.3. The van der Waals surface area contributed by atoms with Gasteiger partial charge in [0.25, 0.3) is 5.91 Å². The smallest absolute Gasteiger partial charge is 0.332 e. The Bertz CT molecular complexity index is 1250. The molecule has 1 aliphatic heterocycles. The number of carbonyl (C=O) groups is 4. The topological polar surface area (TPSA) is 113 Å². The Balaban J connectivity index is 1.78. The van der Waals surface area contributed by atoms with Gasteiger partial charge in [0.2, 0.25) is 11.8 Å². The highest BCUT2D eigenvalue weighted by atomic mass is 16.2. The summed E-state index contributed by atoms with van der Waals surface area (Å²) in [5.74, 6) is -1.55. The maximum absolute atomic E-state index is 14.3. The quantitative estimate of drug-likeness (QED) is 0.384. The molecule has 5 amide bonds. The first-order valence-corrected chi connectivity index (χ1v) is 14.5. The number of carbonyl (C=O) groups excluding carboxylic acids is 4. The van der Waals surface area contributed by atoms with E-state index < -0.39 is 41.8 Å². The van der Waals surface area contributed by atoms with Gasteiger partial charge in [-0.3, -0.25) is 19.3 Å². The lowest BCUT2D eigenvalue weighted by molar-refractivity contribution is -0.138. The molecule has 40 heavy (non-hydrogen) atoms. The second-order valence-electron chi connectivity index (χ2n) is 11.7. The van der Waals surface area contributed by atoms with E-state index in [0.29, 0.717) is 24.2 Å². The van der Waals surface area contributed by atoms with E-state index in [-0.39, 0.29) is 11.8 Å². The SMILES string of the molecule is CCc1ccc(N2C(=O)N(C(CC(N)=O)C(=O)Nc3c(C(C)C)cccc3C(C)C)C(=O)C23CCCCC3)cc1. The van der Waals surface area contributed by atoms with Crippen LogP contribution in [-0.4, -0.2) is 40.2 Å². The van der Waals surface area contributed by atoms with Crippen molar-refractivity contribution < 1.29 is 19.2 Å². The summed E-state index contributed by atoms with van der Waals surface area (Å²) in [6.45, 7) is 10.2. The number of nitrogens with one attached hydrogen (secondary N) is 1. The molecule has 214 valence electrons. The summed E-state index contributed by atoms with van der Waals surface area (Å²) in [6.07, 6.45) is 3.96. The lowest BCUT2D eigenvalue weighted by Gasteiger charge is -2.38. The van der Waals surface area contributed by atoms with Crippen molar-refractivity contribution in [1.29, 1.82) is 0 Å². The fraction of sp³-hybridized carbons (Fsp3) is 0.500. The molecule has 1 heterocycles. The Morgan fingerprint density at radius 1 is 0.925 bits per heavy atom. The Morgan fingerprint density at radius 2 is 1.50 bits per heavy atom. The summed E-state index contributed by atoms with van der Waals surface area (Å²) in [4.78, 5) is 57.3. The number of imide groups is 1. The van der Waals surface area contributed by atoms with E-state index in [1.54, 1.807) is 4.90 Å². The van der Waals surface area contributed by atoms with Crippen LogP contribution < -0.4 is 16.0 Å². The molecule has 8 heteroatoms. The third kappa shape index (κ3) is 5.36. The number of hydrogen-bond donors (Lipinski definition) is 2. The number of hydrogen-bond acceptors (Lipinski definition) is 4. The molecule has 1 spiro atoms. The molecule has 2 aliphatic rings. The van der Waals surface area contributed by atoms with Crippen LogP contribution in [0, 0.1) is 0 Å². The minimum absolute atomic E-state index is 0.116. The Hall–Kier alpha value is -3.68. The van der Waals surface area contributed by atoms with E-state index in [9.17, 15) is 19.2 Å². The number of nitrogens with zero attached hydrogens (tertiary/aromatic N) is 2. The third-order valence-electron chi connectivity index (χ3n) is 8.36. The molecule has 0 bridgehead atoms. The normalized spacial score (nSPS) is 17.7. The predicted molar refractivity (Wildman–Crippen MR) is 157 cm³/mol. The molecule has 0 radical (unpaired) electrons. The van der Waals surface area contributed by atoms with E-state index in [1.165, 1.54) is 0 Å². The van der Waals surface area contributed by atoms with Gasteiger partial charge < -0.3 is 11.1 Å². The van der Waals surface area contributed by atoms with Crippen molar-refractivity contribution in [3.8, 4) is 0 Å². The molecule has 1 aliphatic carbocycles. The molecule has 2 aromatic rings. The van der Waals surface area contributed by atoms with Gasteiger partial charge in [-0.2, -0.15) is 0 Å². The number of para-hydroxylation sites is 1. The largest absolute Gasteiger partial charge is 0.370 e. The highest BCUT2D eigenvalue weighted by Gasteiger charge is 2.60. The molecule has 1 atom stereocenters. The summed E-state index contributed by atoms with van der Waals surface area (Å²) in [7, 11) is 0. The molecular weight excluding hydrogens is 504 g/mol. The number of rotatable bonds is 9. The first-order chi connectivity index (χ1) is 19.0. The minimum Gasteiger partial charge on any atom is -0.370 e. The van der Waals surface area contributed by atoms with Gasteiger partial charge in [-0.25, -0.2) is 9.69 Å². The van der Waals surface area contributed by atoms with Crippen LogP contribution in [0.4, 0.5) is 16.2 Å². The summed E-state index contributed by atoms with van der Waals surface area (Å²) < 4.78 is 0. The number of nitrogens with two attached hydrogens (primary N) is 1. The molecule has 3 N–H and O–H groups in total. The van der Waals surface area contributed by atoms with Gasteiger partial charge in [0.05, 0.1) is 6.42 Å². The second-order valence-corrected chi connectivity index (χ2v) is 11.7. The molecule has 8 nitrogen and oxygen atoms in total. The van der Waals surface area contributed by atoms with Crippen molar-refractivity contribution in [3.05, 3.63) is 59.2 Å². The Labute approximate surface area is 237 Å². The highest BCUT2D eigenvalue weighted by molar-refractivity contribution is 6.19. The number of urea groups is 1. The van der Waals surface area contributed by atoms with E-state index in [0.717, 1.165) is 47.3 Å². The third-order valence-corrected chi connectivity index (χ3v) is 8.36. The maximum Gasteiger partial charge on any atom is 0.332 e. The molecule has 1 saturated carbocycles. The van der Waals surface area contributed by atoms with Gasteiger partial charge in [0, 0.05) is 11.4 Å². The van der Waals surface area contributed by atoms with Crippen LogP contribution in [0.25, 0.3) is 0 Å². The van der Waals surface area contributed by atoms with Gasteiger partial charge in [-0.05, 0) is 59.9 Å². The van der Waals surface area contributed by atoms with E-state index in [2.05, 4.69) is 12.2 Å². The molecule has 0 aromatic heterocycles. The van der Waals surface area contributed by atoms with Crippen molar-refractivity contribution in [1.82, 2.24) is 4.90 Å². The van der Waals surface area contributed by atoms with Crippen molar-refractivity contribution in [2.45, 2.75) is 103 Å². The highest BCUT2D eigenvalue weighted by Crippen LogP contribution is 2.44. The van der Waals surface area contributed by atoms with Crippen LogP contribution in [0.1, 0.15) is 102 Å². The van der Waals surface area contributed by atoms with Crippen LogP contribution in [0.5, 0.6) is 0 Å². The summed E-state index contributed by atoms with van der Waals surface area (Å²) in [5, 5.41) is 3.01. The van der Waals surface area contributed by atoms with Crippen LogP contribution in [0.2, 0.25) is 0 Å². The molecule has 2 aromatic carbocycles. The molecule has 1 unspecified atom stereocenters. The second kappa shape index (κ2) is 11.8. The van der Waals surface area contributed by atoms with Gasteiger partial charge in [0.1, 0.15) is 11.6 Å². The van der Waals surface area contributed by atoms with Crippen LogP contribution >= 0.6 is 0 Å². The van der Waals surface area contributed by atoms with Crippen molar-refractivity contribution in [3.63, 3.8) is 0 Å². The maximum atomic E-state index is 14.3. The number of amides is 5. The molecule has 1 saturated heterocycles. The number of aryl methyl sites for hydroxylation is 1.